The number of hydrogen-bond donors (Lipinski definition) is 1. The Balaban J connectivity index is 2.02. The van der Waals surface area contributed by atoms with Gasteiger partial charge in [-0.3, -0.25) is 9.59 Å². The zero-order chi connectivity index (χ0) is 16.1. The maximum absolute atomic E-state index is 12.4. The zero-order valence-corrected chi connectivity index (χ0v) is 12.8. The summed E-state index contributed by atoms with van der Waals surface area (Å²) in [4.78, 5) is 25.9. The monoisotopic (exact) mass is 305 g/mol. The lowest BCUT2D eigenvalue weighted by atomic mass is 10.2. The van der Waals surface area contributed by atoms with Crippen molar-refractivity contribution in [2.75, 3.05) is 18.4 Å². The highest BCUT2D eigenvalue weighted by atomic mass is 16.5. The number of amides is 2. The molecule has 0 unspecified atom stereocenters. The molecule has 0 aliphatic rings. The Bertz CT molecular complexity index is 631. The number of furan rings is 1. The largest absolute Gasteiger partial charge is 0.459 e. The summed E-state index contributed by atoms with van der Waals surface area (Å²) in [6, 6.07) is 4.83. The van der Waals surface area contributed by atoms with Gasteiger partial charge in [-0.2, -0.15) is 0 Å². The smallest absolute Gasteiger partial charge is 0.290 e. The molecule has 0 aliphatic heterocycles. The molecule has 2 rings (SSSR count). The molecule has 0 bridgehead atoms. The van der Waals surface area contributed by atoms with E-state index < -0.39 is 0 Å². The van der Waals surface area contributed by atoms with Gasteiger partial charge in [0.15, 0.2) is 11.6 Å². The van der Waals surface area contributed by atoms with Gasteiger partial charge in [-0.05, 0) is 25.0 Å². The van der Waals surface area contributed by atoms with E-state index in [1.165, 1.54) is 11.2 Å². The second-order valence-corrected chi connectivity index (χ2v) is 5.43. The number of nitrogens with zero attached hydrogens (tertiary/aromatic N) is 2. The summed E-state index contributed by atoms with van der Waals surface area (Å²) in [6.07, 6.45) is 1.43. The molecular weight excluding hydrogens is 286 g/mol. The third-order valence-corrected chi connectivity index (χ3v) is 2.83. The van der Waals surface area contributed by atoms with Gasteiger partial charge in [-0.15, -0.1) is 0 Å². The highest BCUT2D eigenvalue weighted by Crippen LogP contribution is 2.10. The first kappa shape index (κ1) is 15.8. The van der Waals surface area contributed by atoms with E-state index in [0.717, 1.165) is 0 Å². The van der Waals surface area contributed by atoms with Crippen molar-refractivity contribution in [1.29, 1.82) is 0 Å². The first-order valence-corrected chi connectivity index (χ1v) is 7.01. The SMILES string of the molecule is Cc1cc(NC(=O)CN(CC(C)C)C(=O)c2ccco2)no1. The second kappa shape index (κ2) is 6.93. The fraction of sp³-hybridized carbons (Fsp3) is 0.400. The fourth-order valence-electron chi connectivity index (χ4n) is 2.00. The molecule has 0 atom stereocenters. The van der Waals surface area contributed by atoms with E-state index in [9.17, 15) is 9.59 Å². The fourth-order valence-corrected chi connectivity index (χ4v) is 2.00. The summed E-state index contributed by atoms with van der Waals surface area (Å²) in [5.74, 6) is 0.712. The van der Waals surface area contributed by atoms with Crippen molar-refractivity contribution in [3.05, 3.63) is 36.0 Å². The minimum atomic E-state index is -0.339. The van der Waals surface area contributed by atoms with Crippen LogP contribution in [0.4, 0.5) is 5.82 Å². The predicted octanol–water partition coefficient (Wildman–Crippen LogP) is 2.31. The van der Waals surface area contributed by atoms with Crippen molar-refractivity contribution in [3.63, 3.8) is 0 Å². The molecule has 7 heteroatoms. The van der Waals surface area contributed by atoms with Crippen molar-refractivity contribution in [1.82, 2.24) is 10.1 Å². The number of aryl methyl sites for hydroxylation is 1. The van der Waals surface area contributed by atoms with Crippen LogP contribution in [-0.4, -0.2) is 35.0 Å². The third-order valence-electron chi connectivity index (χ3n) is 2.83. The van der Waals surface area contributed by atoms with Gasteiger partial charge < -0.3 is 19.2 Å². The summed E-state index contributed by atoms with van der Waals surface area (Å²) < 4.78 is 9.99. The first-order valence-electron chi connectivity index (χ1n) is 7.01. The van der Waals surface area contributed by atoms with Crippen molar-refractivity contribution in [3.8, 4) is 0 Å². The van der Waals surface area contributed by atoms with Gasteiger partial charge in [-0.1, -0.05) is 19.0 Å². The van der Waals surface area contributed by atoms with E-state index in [0.29, 0.717) is 18.1 Å². The molecule has 0 saturated carbocycles. The molecule has 2 aromatic heterocycles. The van der Waals surface area contributed by atoms with E-state index in [-0.39, 0.29) is 30.0 Å². The minimum Gasteiger partial charge on any atom is -0.459 e. The Kier molecular flexibility index (Phi) is 4.98. The Morgan fingerprint density at radius 2 is 2.18 bits per heavy atom. The van der Waals surface area contributed by atoms with Crippen LogP contribution in [0.1, 0.15) is 30.2 Å². The van der Waals surface area contributed by atoms with Crippen molar-refractivity contribution < 1.29 is 18.5 Å². The van der Waals surface area contributed by atoms with Crippen LogP contribution in [0, 0.1) is 12.8 Å². The van der Waals surface area contributed by atoms with Gasteiger partial charge >= 0.3 is 0 Å². The van der Waals surface area contributed by atoms with Gasteiger partial charge in [-0.25, -0.2) is 0 Å². The average Bonchev–Trinajstić information content (AvgIpc) is 3.08. The first-order chi connectivity index (χ1) is 10.5. The lowest BCUT2D eigenvalue weighted by Crippen LogP contribution is -2.40. The van der Waals surface area contributed by atoms with E-state index in [1.54, 1.807) is 25.1 Å². The summed E-state index contributed by atoms with van der Waals surface area (Å²) in [5, 5.41) is 6.29. The molecule has 2 heterocycles. The Hall–Kier alpha value is -2.57. The molecule has 22 heavy (non-hydrogen) atoms. The summed E-state index contributed by atoms with van der Waals surface area (Å²) in [6.45, 7) is 6.05. The Morgan fingerprint density at radius 3 is 2.73 bits per heavy atom. The summed E-state index contributed by atoms with van der Waals surface area (Å²) >= 11 is 0. The quantitative estimate of drug-likeness (QED) is 0.884. The van der Waals surface area contributed by atoms with Crippen LogP contribution in [0.2, 0.25) is 0 Å². The van der Waals surface area contributed by atoms with Gasteiger partial charge in [0, 0.05) is 12.6 Å². The van der Waals surface area contributed by atoms with Crippen LogP contribution in [0.5, 0.6) is 0 Å². The van der Waals surface area contributed by atoms with Gasteiger partial charge in [0.1, 0.15) is 12.3 Å². The highest BCUT2D eigenvalue weighted by Gasteiger charge is 2.22. The average molecular weight is 305 g/mol. The molecular formula is C15H19N3O4. The number of rotatable bonds is 6. The Labute approximate surface area is 128 Å². The van der Waals surface area contributed by atoms with Crippen molar-refractivity contribution in [2.45, 2.75) is 20.8 Å². The standard InChI is InChI=1S/C15H19N3O4/c1-10(2)8-18(15(20)12-5-4-6-21-12)9-14(19)16-13-7-11(3)22-17-13/h4-7,10H,8-9H2,1-3H3,(H,16,17,19). The summed E-state index contributed by atoms with van der Waals surface area (Å²) in [5.41, 5.74) is 0. The summed E-state index contributed by atoms with van der Waals surface area (Å²) in [7, 11) is 0. The number of hydrogen-bond acceptors (Lipinski definition) is 5. The molecule has 1 N–H and O–H groups in total. The number of carbonyl (C=O) groups excluding carboxylic acids is 2. The maximum atomic E-state index is 12.4. The zero-order valence-electron chi connectivity index (χ0n) is 12.8. The molecule has 0 spiro atoms. The molecule has 2 aromatic rings. The second-order valence-electron chi connectivity index (χ2n) is 5.43. The molecule has 0 aliphatic carbocycles. The molecule has 2 amide bonds. The topological polar surface area (TPSA) is 88.6 Å². The molecule has 7 nitrogen and oxygen atoms in total. The van der Waals surface area contributed by atoms with Crippen LogP contribution in [-0.2, 0) is 4.79 Å². The van der Waals surface area contributed by atoms with E-state index in [4.69, 9.17) is 8.94 Å². The van der Waals surface area contributed by atoms with E-state index in [2.05, 4.69) is 10.5 Å². The number of anilines is 1. The van der Waals surface area contributed by atoms with E-state index in [1.807, 2.05) is 13.8 Å². The lowest BCUT2D eigenvalue weighted by molar-refractivity contribution is -0.117. The van der Waals surface area contributed by atoms with Crippen LogP contribution in [0.3, 0.4) is 0 Å². The molecule has 0 aromatic carbocycles. The number of carbonyl (C=O) groups is 2. The highest BCUT2D eigenvalue weighted by molar-refractivity contribution is 5.97. The van der Waals surface area contributed by atoms with E-state index >= 15 is 0 Å². The van der Waals surface area contributed by atoms with Gasteiger partial charge in [0.05, 0.1) is 6.26 Å². The van der Waals surface area contributed by atoms with Crippen LogP contribution >= 0.6 is 0 Å². The molecule has 118 valence electrons. The minimum absolute atomic E-state index is 0.0797. The third kappa shape index (κ3) is 4.21. The van der Waals surface area contributed by atoms with Gasteiger partial charge in [0.2, 0.25) is 5.91 Å². The normalized spacial score (nSPS) is 10.7. The lowest BCUT2D eigenvalue weighted by Gasteiger charge is -2.22. The van der Waals surface area contributed by atoms with Crippen molar-refractivity contribution >= 4 is 17.6 Å². The molecule has 0 fully saturated rings. The predicted molar refractivity (Wildman–Crippen MR) is 79.3 cm³/mol. The van der Waals surface area contributed by atoms with Crippen LogP contribution in [0.15, 0.2) is 33.4 Å². The number of aromatic nitrogens is 1. The molecule has 0 saturated heterocycles. The van der Waals surface area contributed by atoms with Crippen molar-refractivity contribution in [2.24, 2.45) is 5.92 Å². The number of nitrogens with one attached hydrogen (secondary N) is 1. The molecule has 0 radical (unpaired) electrons. The van der Waals surface area contributed by atoms with Gasteiger partial charge in [0.25, 0.3) is 5.91 Å². The van der Waals surface area contributed by atoms with Crippen LogP contribution in [0.25, 0.3) is 0 Å². The Morgan fingerprint density at radius 1 is 1.41 bits per heavy atom. The van der Waals surface area contributed by atoms with Crippen LogP contribution < -0.4 is 5.32 Å². The maximum Gasteiger partial charge on any atom is 0.290 e.